The van der Waals surface area contributed by atoms with Gasteiger partial charge in [-0.3, -0.25) is 16.0 Å². The van der Waals surface area contributed by atoms with E-state index >= 15 is 0 Å². The molecule has 0 bridgehead atoms. The summed E-state index contributed by atoms with van der Waals surface area (Å²) in [4.78, 5) is 0. The van der Waals surface area contributed by atoms with Gasteiger partial charge in [0, 0.05) is 24.1 Å². The van der Waals surface area contributed by atoms with Gasteiger partial charge >= 0.3 is 0 Å². The Balaban J connectivity index is 1.92. The highest BCUT2D eigenvalue weighted by Gasteiger charge is 2.21. The first-order chi connectivity index (χ1) is 9.69. The van der Waals surface area contributed by atoms with E-state index in [2.05, 4.69) is 38.6 Å². The quantitative estimate of drug-likeness (QED) is 0.660. The first kappa shape index (κ1) is 13.6. The average Bonchev–Trinajstić information content (AvgIpc) is 3.04. The van der Waals surface area contributed by atoms with E-state index in [4.69, 9.17) is 10.6 Å². The molecular formula is C14H17BrN4O. The van der Waals surface area contributed by atoms with Crippen LogP contribution in [0.4, 0.5) is 0 Å². The normalized spacial score (nSPS) is 14.9. The third-order valence-corrected chi connectivity index (χ3v) is 4.12. The molecule has 3 rings (SSSR count). The largest absolute Gasteiger partial charge is 0.493 e. The van der Waals surface area contributed by atoms with E-state index in [0.29, 0.717) is 0 Å². The number of nitrogens with one attached hydrogen (secondary N) is 1. The highest BCUT2D eigenvalue weighted by Crippen LogP contribution is 2.35. The molecule has 0 saturated heterocycles. The Bertz CT molecular complexity index is 626. The van der Waals surface area contributed by atoms with Crippen LogP contribution in [0, 0.1) is 0 Å². The second-order valence-electron chi connectivity index (χ2n) is 4.95. The number of ether oxygens (including phenoxy) is 1. The van der Waals surface area contributed by atoms with Crippen molar-refractivity contribution >= 4 is 15.9 Å². The Kier molecular flexibility index (Phi) is 3.78. The van der Waals surface area contributed by atoms with Gasteiger partial charge in [-0.1, -0.05) is 15.9 Å². The highest BCUT2D eigenvalue weighted by atomic mass is 79.9. The standard InChI is InChI=1S/C14H17BrN4O/c1-19-13(2-4-17-19)12(18-16)8-10-7-11(15)6-9-3-5-20-14(9)10/h2,4,6-7,12,18H,3,5,8,16H2,1H3. The number of hydrogen-bond donors (Lipinski definition) is 2. The van der Waals surface area contributed by atoms with Crippen molar-refractivity contribution in [2.45, 2.75) is 18.9 Å². The summed E-state index contributed by atoms with van der Waals surface area (Å²) in [5.74, 6) is 6.73. The van der Waals surface area contributed by atoms with Gasteiger partial charge in [-0.05, 0) is 35.7 Å². The van der Waals surface area contributed by atoms with Crippen molar-refractivity contribution in [3.05, 3.63) is 45.7 Å². The van der Waals surface area contributed by atoms with Gasteiger partial charge in [-0.2, -0.15) is 5.10 Å². The van der Waals surface area contributed by atoms with E-state index < -0.39 is 0 Å². The minimum atomic E-state index is 0.00472. The Morgan fingerprint density at radius 2 is 2.40 bits per heavy atom. The van der Waals surface area contributed by atoms with Crippen LogP contribution in [0.25, 0.3) is 0 Å². The number of hydrogen-bond acceptors (Lipinski definition) is 4. The second-order valence-corrected chi connectivity index (χ2v) is 5.87. The Labute approximate surface area is 126 Å². The van der Waals surface area contributed by atoms with Crippen LogP contribution in [-0.4, -0.2) is 16.4 Å². The zero-order chi connectivity index (χ0) is 14.1. The zero-order valence-corrected chi connectivity index (χ0v) is 12.9. The molecule has 3 N–H and O–H groups in total. The van der Waals surface area contributed by atoms with Crippen molar-refractivity contribution in [3.8, 4) is 5.75 Å². The van der Waals surface area contributed by atoms with Crippen LogP contribution in [0.1, 0.15) is 22.9 Å². The summed E-state index contributed by atoms with van der Waals surface area (Å²) in [7, 11) is 1.92. The van der Waals surface area contributed by atoms with E-state index in [9.17, 15) is 0 Å². The van der Waals surface area contributed by atoms with E-state index in [0.717, 1.165) is 40.9 Å². The smallest absolute Gasteiger partial charge is 0.125 e. The molecule has 1 unspecified atom stereocenters. The van der Waals surface area contributed by atoms with Gasteiger partial charge in [0.15, 0.2) is 0 Å². The number of hydrazine groups is 1. The number of fused-ring (bicyclic) bond motifs is 1. The summed E-state index contributed by atoms with van der Waals surface area (Å²) in [6.07, 6.45) is 3.51. The lowest BCUT2D eigenvalue weighted by atomic mass is 10.00. The van der Waals surface area contributed by atoms with Crippen molar-refractivity contribution < 1.29 is 4.74 Å². The van der Waals surface area contributed by atoms with Crippen LogP contribution in [0.3, 0.4) is 0 Å². The minimum absolute atomic E-state index is 0.00472. The van der Waals surface area contributed by atoms with Gasteiger partial charge < -0.3 is 4.74 Å². The van der Waals surface area contributed by atoms with Crippen molar-refractivity contribution in [2.75, 3.05) is 6.61 Å². The second kappa shape index (κ2) is 5.55. The van der Waals surface area contributed by atoms with Crippen LogP contribution < -0.4 is 16.0 Å². The molecule has 0 radical (unpaired) electrons. The lowest BCUT2D eigenvalue weighted by Crippen LogP contribution is -2.31. The topological polar surface area (TPSA) is 65.1 Å². The van der Waals surface area contributed by atoms with Crippen molar-refractivity contribution in [2.24, 2.45) is 12.9 Å². The molecule has 0 spiro atoms. The molecule has 0 amide bonds. The molecule has 2 aromatic rings. The summed E-state index contributed by atoms with van der Waals surface area (Å²) >= 11 is 3.57. The number of rotatable bonds is 4. The third-order valence-electron chi connectivity index (χ3n) is 3.67. The summed E-state index contributed by atoms with van der Waals surface area (Å²) in [5.41, 5.74) is 6.35. The molecular weight excluding hydrogens is 320 g/mol. The van der Waals surface area contributed by atoms with E-state index in [1.54, 1.807) is 6.20 Å². The molecule has 20 heavy (non-hydrogen) atoms. The molecule has 1 atom stereocenters. The fraction of sp³-hybridized carbons (Fsp3) is 0.357. The van der Waals surface area contributed by atoms with Gasteiger partial charge in [-0.25, -0.2) is 0 Å². The zero-order valence-electron chi connectivity index (χ0n) is 11.3. The van der Waals surface area contributed by atoms with Crippen LogP contribution in [0.2, 0.25) is 0 Å². The van der Waals surface area contributed by atoms with Crippen molar-refractivity contribution in [1.29, 1.82) is 0 Å². The maximum Gasteiger partial charge on any atom is 0.125 e. The molecule has 106 valence electrons. The van der Waals surface area contributed by atoms with E-state index in [1.165, 1.54) is 5.56 Å². The molecule has 2 heterocycles. The predicted octanol–water partition coefficient (Wildman–Crippen LogP) is 1.86. The van der Waals surface area contributed by atoms with Crippen LogP contribution in [0.15, 0.2) is 28.9 Å². The van der Waals surface area contributed by atoms with Gasteiger partial charge in [0.25, 0.3) is 0 Å². The number of aromatic nitrogens is 2. The SMILES string of the molecule is Cn1nccc1C(Cc1cc(Br)cc2c1OCC2)NN. The van der Waals surface area contributed by atoms with E-state index in [1.807, 2.05) is 17.8 Å². The van der Waals surface area contributed by atoms with Gasteiger partial charge in [0.1, 0.15) is 5.75 Å². The molecule has 5 nitrogen and oxygen atoms in total. The first-order valence-corrected chi connectivity index (χ1v) is 7.36. The molecule has 0 aliphatic carbocycles. The number of nitrogens with zero attached hydrogens (tertiary/aromatic N) is 2. The van der Waals surface area contributed by atoms with Gasteiger partial charge in [-0.15, -0.1) is 0 Å². The lowest BCUT2D eigenvalue weighted by molar-refractivity contribution is 0.351. The minimum Gasteiger partial charge on any atom is -0.493 e. The Hall–Kier alpha value is -1.37. The average molecular weight is 337 g/mol. The van der Waals surface area contributed by atoms with Crippen LogP contribution >= 0.6 is 15.9 Å². The van der Waals surface area contributed by atoms with Crippen molar-refractivity contribution in [3.63, 3.8) is 0 Å². The molecule has 0 fully saturated rings. The third kappa shape index (κ3) is 2.46. The monoisotopic (exact) mass is 336 g/mol. The van der Waals surface area contributed by atoms with Crippen LogP contribution in [0.5, 0.6) is 5.75 Å². The summed E-state index contributed by atoms with van der Waals surface area (Å²) in [6, 6.07) is 6.21. The highest BCUT2D eigenvalue weighted by molar-refractivity contribution is 9.10. The Morgan fingerprint density at radius 3 is 3.10 bits per heavy atom. The number of aryl methyl sites for hydroxylation is 1. The van der Waals surface area contributed by atoms with Crippen molar-refractivity contribution in [1.82, 2.24) is 15.2 Å². The maximum atomic E-state index is 5.77. The van der Waals surface area contributed by atoms with Crippen LogP contribution in [-0.2, 0) is 19.9 Å². The molecule has 6 heteroatoms. The summed E-state index contributed by atoms with van der Waals surface area (Å²) in [5, 5.41) is 4.20. The first-order valence-electron chi connectivity index (χ1n) is 6.57. The summed E-state index contributed by atoms with van der Waals surface area (Å²) in [6.45, 7) is 0.755. The van der Waals surface area contributed by atoms with E-state index in [-0.39, 0.29) is 6.04 Å². The van der Waals surface area contributed by atoms with Gasteiger partial charge in [0.05, 0.1) is 18.3 Å². The predicted molar refractivity (Wildman–Crippen MR) is 80.3 cm³/mol. The molecule has 1 aliphatic heterocycles. The fourth-order valence-electron chi connectivity index (χ4n) is 2.69. The number of halogens is 1. The fourth-order valence-corrected chi connectivity index (χ4v) is 3.25. The molecule has 1 aromatic heterocycles. The summed E-state index contributed by atoms with van der Waals surface area (Å²) < 4.78 is 8.68. The number of nitrogens with two attached hydrogens (primary N) is 1. The molecule has 1 aromatic carbocycles. The number of benzene rings is 1. The maximum absolute atomic E-state index is 5.77. The van der Waals surface area contributed by atoms with Gasteiger partial charge in [0.2, 0.25) is 0 Å². The molecule has 0 saturated carbocycles. The molecule has 1 aliphatic rings. The Morgan fingerprint density at radius 1 is 1.55 bits per heavy atom. The lowest BCUT2D eigenvalue weighted by Gasteiger charge is -2.18.